The van der Waals surface area contributed by atoms with Crippen LogP contribution in [0.2, 0.25) is 0 Å². The Morgan fingerprint density at radius 2 is 1.88 bits per heavy atom. The fourth-order valence-electron chi connectivity index (χ4n) is 3.09. The summed E-state index contributed by atoms with van der Waals surface area (Å²) in [5.41, 5.74) is 13.3. The normalized spacial score (nSPS) is 15.7. The van der Waals surface area contributed by atoms with Crippen LogP contribution in [0.15, 0.2) is 53.7 Å². The van der Waals surface area contributed by atoms with Crippen LogP contribution in [0.5, 0.6) is 0 Å². The maximum Gasteiger partial charge on any atom is 0.220 e. The van der Waals surface area contributed by atoms with Crippen molar-refractivity contribution in [2.75, 3.05) is 23.3 Å². The third-order valence-electron chi connectivity index (χ3n) is 4.53. The van der Waals surface area contributed by atoms with Crippen LogP contribution in [0.1, 0.15) is 18.4 Å². The molecule has 0 saturated carbocycles. The number of pyridine rings is 1. The molecule has 1 saturated heterocycles. The van der Waals surface area contributed by atoms with Gasteiger partial charge in [-0.05, 0) is 31.0 Å². The SMILES string of the molecule is NC(=O)C1CCN(c2ncccc2CN=C(N)Nc2ccccc2)CC1. The predicted molar refractivity (Wildman–Crippen MR) is 104 cm³/mol. The van der Waals surface area contributed by atoms with E-state index in [4.69, 9.17) is 11.5 Å². The molecule has 26 heavy (non-hydrogen) atoms. The van der Waals surface area contributed by atoms with Crippen LogP contribution in [0.25, 0.3) is 0 Å². The molecule has 0 bridgehead atoms. The van der Waals surface area contributed by atoms with E-state index in [0.29, 0.717) is 12.5 Å². The average Bonchev–Trinajstić information content (AvgIpc) is 2.67. The summed E-state index contributed by atoms with van der Waals surface area (Å²) in [5.74, 6) is 1.00. The number of piperidine rings is 1. The van der Waals surface area contributed by atoms with E-state index in [1.165, 1.54) is 0 Å². The highest BCUT2D eigenvalue weighted by Gasteiger charge is 2.24. The highest BCUT2D eigenvalue weighted by Crippen LogP contribution is 2.24. The number of nitrogens with zero attached hydrogens (tertiary/aromatic N) is 3. The van der Waals surface area contributed by atoms with E-state index in [9.17, 15) is 4.79 Å². The fraction of sp³-hybridized carbons (Fsp3) is 0.316. The van der Waals surface area contributed by atoms with Gasteiger partial charge in [-0.3, -0.25) is 4.79 Å². The molecule has 1 fully saturated rings. The van der Waals surface area contributed by atoms with Gasteiger partial charge in [0.1, 0.15) is 5.82 Å². The molecule has 5 N–H and O–H groups in total. The van der Waals surface area contributed by atoms with Crippen LogP contribution in [0.4, 0.5) is 11.5 Å². The minimum atomic E-state index is -0.213. The van der Waals surface area contributed by atoms with Gasteiger partial charge >= 0.3 is 0 Å². The van der Waals surface area contributed by atoms with Crippen molar-refractivity contribution in [1.82, 2.24) is 4.98 Å². The van der Waals surface area contributed by atoms with Crippen molar-refractivity contribution in [1.29, 1.82) is 0 Å². The van der Waals surface area contributed by atoms with E-state index in [1.54, 1.807) is 6.20 Å². The molecule has 7 heteroatoms. The maximum atomic E-state index is 11.3. The summed E-state index contributed by atoms with van der Waals surface area (Å²) in [4.78, 5) is 22.5. The second-order valence-corrected chi connectivity index (χ2v) is 6.34. The summed E-state index contributed by atoms with van der Waals surface area (Å²) < 4.78 is 0. The summed E-state index contributed by atoms with van der Waals surface area (Å²) in [6, 6.07) is 13.6. The number of carbonyl (C=O) groups excluding carboxylic acids is 1. The second-order valence-electron chi connectivity index (χ2n) is 6.34. The van der Waals surface area contributed by atoms with Crippen LogP contribution in [-0.2, 0) is 11.3 Å². The zero-order chi connectivity index (χ0) is 18.4. The Morgan fingerprint density at radius 3 is 2.58 bits per heavy atom. The van der Waals surface area contributed by atoms with Gasteiger partial charge < -0.3 is 21.7 Å². The second kappa shape index (κ2) is 8.33. The first-order valence-corrected chi connectivity index (χ1v) is 8.73. The van der Waals surface area contributed by atoms with Crippen LogP contribution in [0, 0.1) is 5.92 Å². The Labute approximate surface area is 153 Å². The lowest BCUT2D eigenvalue weighted by Gasteiger charge is -2.32. The number of anilines is 2. The fourth-order valence-corrected chi connectivity index (χ4v) is 3.09. The summed E-state index contributed by atoms with van der Waals surface area (Å²) in [5, 5.41) is 3.07. The molecule has 1 aliphatic heterocycles. The molecule has 2 aromatic rings. The number of aromatic nitrogens is 1. The first-order valence-electron chi connectivity index (χ1n) is 8.73. The van der Waals surface area contributed by atoms with Crippen LogP contribution < -0.4 is 21.7 Å². The van der Waals surface area contributed by atoms with Crippen molar-refractivity contribution < 1.29 is 4.79 Å². The highest BCUT2D eigenvalue weighted by atomic mass is 16.1. The number of nitrogens with two attached hydrogens (primary N) is 2. The third-order valence-corrected chi connectivity index (χ3v) is 4.53. The molecule has 1 aromatic carbocycles. The number of benzene rings is 1. The number of hydrogen-bond donors (Lipinski definition) is 3. The van der Waals surface area contributed by atoms with E-state index in [-0.39, 0.29) is 11.8 Å². The van der Waals surface area contributed by atoms with E-state index in [2.05, 4.69) is 20.2 Å². The Hall–Kier alpha value is -3.09. The molecule has 136 valence electrons. The molecular weight excluding hydrogens is 328 g/mol. The van der Waals surface area contributed by atoms with Gasteiger partial charge in [0.15, 0.2) is 5.96 Å². The molecule has 0 aliphatic carbocycles. The van der Waals surface area contributed by atoms with Gasteiger partial charge in [0.05, 0.1) is 6.54 Å². The molecule has 0 spiro atoms. The van der Waals surface area contributed by atoms with Crippen LogP contribution in [-0.4, -0.2) is 29.9 Å². The number of para-hydroxylation sites is 1. The number of aliphatic imine (C=N–C) groups is 1. The highest BCUT2D eigenvalue weighted by molar-refractivity contribution is 5.92. The number of carbonyl (C=O) groups is 1. The lowest BCUT2D eigenvalue weighted by molar-refractivity contribution is -0.122. The van der Waals surface area contributed by atoms with Gasteiger partial charge in [-0.15, -0.1) is 0 Å². The van der Waals surface area contributed by atoms with E-state index in [0.717, 1.165) is 43.0 Å². The first kappa shape index (κ1) is 17.7. The smallest absolute Gasteiger partial charge is 0.220 e. The summed E-state index contributed by atoms with van der Waals surface area (Å²) >= 11 is 0. The Kier molecular flexibility index (Phi) is 5.68. The van der Waals surface area contributed by atoms with Crippen LogP contribution in [0.3, 0.4) is 0 Å². The summed E-state index contributed by atoms with van der Waals surface area (Å²) in [7, 11) is 0. The molecular formula is C19H24N6O. The van der Waals surface area contributed by atoms with Crippen molar-refractivity contribution in [2.24, 2.45) is 22.4 Å². The van der Waals surface area contributed by atoms with Crippen molar-refractivity contribution in [2.45, 2.75) is 19.4 Å². The molecule has 0 radical (unpaired) electrons. The van der Waals surface area contributed by atoms with Crippen LogP contribution >= 0.6 is 0 Å². The number of rotatable bonds is 5. The number of guanidine groups is 1. The van der Waals surface area contributed by atoms with E-state index < -0.39 is 0 Å². The molecule has 1 aromatic heterocycles. The molecule has 1 amide bonds. The monoisotopic (exact) mass is 352 g/mol. The summed E-state index contributed by atoms with van der Waals surface area (Å²) in [6.07, 6.45) is 3.28. The van der Waals surface area contributed by atoms with E-state index in [1.807, 2.05) is 42.5 Å². The minimum Gasteiger partial charge on any atom is -0.370 e. The number of hydrogen-bond acceptors (Lipinski definition) is 4. The molecule has 1 aliphatic rings. The average molecular weight is 352 g/mol. The van der Waals surface area contributed by atoms with Gasteiger partial charge in [0.2, 0.25) is 5.91 Å². The lowest BCUT2D eigenvalue weighted by Crippen LogP contribution is -2.39. The third kappa shape index (κ3) is 4.50. The molecule has 0 unspecified atom stereocenters. The number of nitrogens with one attached hydrogen (secondary N) is 1. The first-order chi connectivity index (χ1) is 12.6. The largest absolute Gasteiger partial charge is 0.370 e. The Bertz CT molecular complexity index is 769. The van der Waals surface area contributed by atoms with Crippen molar-refractivity contribution in [3.8, 4) is 0 Å². The standard InChI is InChI=1S/C19H24N6O/c20-17(26)14-8-11-25(12-9-14)18-15(5-4-10-22-18)13-23-19(21)24-16-6-2-1-3-7-16/h1-7,10,14H,8-9,11-13H2,(H2,20,26)(H3,21,23,24). The predicted octanol–water partition coefficient (Wildman–Crippen LogP) is 1.71. The van der Waals surface area contributed by atoms with Gasteiger partial charge in [0, 0.05) is 36.5 Å². The van der Waals surface area contributed by atoms with Gasteiger partial charge in [-0.25, -0.2) is 9.98 Å². The van der Waals surface area contributed by atoms with Crippen molar-refractivity contribution in [3.05, 3.63) is 54.2 Å². The number of amides is 1. The molecule has 2 heterocycles. The quantitative estimate of drug-likeness (QED) is 0.560. The zero-order valence-electron chi connectivity index (χ0n) is 14.6. The molecule has 3 rings (SSSR count). The maximum absolute atomic E-state index is 11.3. The van der Waals surface area contributed by atoms with Gasteiger partial charge in [0.25, 0.3) is 0 Å². The minimum absolute atomic E-state index is 0.0397. The molecule has 0 atom stereocenters. The molecule has 7 nitrogen and oxygen atoms in total. The summed E-state index contributed by atoms with van der Waals surface area (Å²) in [6.45, 7) is 1.96. The van der Waals surface area contributed by atoms with Gasteiger partial charge in [-0.2, -0.15) is 0 Å². The van der Waals surface area contributed by atoms with Crippen molar-refractivity contribution in [3.63, 3.8) is 0 Å². The lowest BCUT2D eigenvalue weighted by atomic mass is 9.96. The van der Waals surface area contributed by atoms with Gasteiger partial charge in [-0.1, -0.05) is 24.3 Å². The topological polar surface area (TPSA) is 110 Å². The Morgan fingerprint density at radius 1 is 1.15 bits per heavy atom. The van der Waals surface area contributed by atoms with E-state index >= 15 is 0 Å². The van der Waals surface area contributed by atoms with Crippen molar-refractivity contribution >= 4 is 23.4 Å². The zero-order valence-corrected chi connectivity index (χ0v) is 14.6. The Balaban J connectivity index is 1.66. The number of primary amides is 1.